The van der Waals surface area contributed by atoms with Crippen molar-refractivity contribution >= 4 is 23.2 Å². The molecule has 26 heavy (non-hydrogen) atoms. The van der Waals surface area contributed by atoms with Gasteiger partial charge >= 0.3 is 5.97 Å². The van der Waals surface area contributed by atoms with Gasteiger partial charge in [0.1, 0.15) is 12.4 Å². The Labute approximate surface area is 154 Å². The van der Waals surface area contributed by atoms with Gasteiger partial charge in [0, 0.05) is 0 Å². The van der Waals surface area contributed by atoms with Gasteiger partial charge in [-0.05, 0) is 30.9 Å². The van der Waals surface area contributed by atoms with Gasteiger partial charge in [0.25, 0.3) is 5.91 Å². The summed E-state index contributed by atoms with van der Waals surface area (Å²) in [6.45, 7) is 3.58. The van der Waals surface area contributed by atoms with Crippen LogP contribution in [-0.2, 0) is 16.1 Å². The van der Waals surface area contributed by atoms with Crippen molar-refractivity contribution in [3.63, 3.8) is 0 Å². The largest absolute Gasteiger partial charge is 0.459 e. The zero-order valence-corrected chi connectivity index (χ0v) is 15.2. The number of aromatic nitrogens is 1. The van der Waals surface area contributed by atoms with Crippen LogP contribution in [0, 0.1) is 13.8 Å². The molecule has 3 rings (SSSR count). The number of nitrogens with zero attached hydrogens (tertiary/aromatic N) is 1. The van der Waals surface area contributed by atoms with E-state index in [2.05, 4.69) is 10.5 Å². The average Bonchev–Trinajstić information content (AvgIpc) is 3.29. The van der Waals surface area contributed by atoms with Gasteiger partial charge in [-0.2, -0.15) is 0 Å². The van der Waals surface area contributed by atoms with E-state index in [0.717, 1.165) is 5.56 Å². The van der Waals surface area contributed by atoms with Crippen molar-refractivity contribution in [2.45, 2.75) is 26.5 Å². The molecule has 1 unspecified atom stereocenters. The number of carbonyl (C=O) groups excluding carboxylic acids is 2. The summed E-state index contributed by atoms with van der Waals surface area (Å²) in [5.41, 5.74) is 2.06. The van der Waals surface area contributed by atoms with E-state index in [1.807, 2.05) is 11.4 Å². The minimum Gasteiger partial charge on any atom is -0.459 e. The zero-order chi connectivity index (χ0) is 18.5. The highest BCUT2D eigenvalue weighted by Crippen LogP contribution is 2.19. The molecular weight excluding hydrogens is 352 g/mol. The molecule has 0 radical (unpaired) electrons. The van der Waals surface area contributed by atoms with E-state index in [-0.39, 0.29) is 12.5 Å². The Morgan fingerprint density at radius 1 is 1.19 bits per heavy atom. The van der Waals surface area contributed by atoms with Crippen molar-refractivity contribution in [1.29, 1.82) is 0 Å². The van der Waals surface area contributed by atoms with Crippen LogP contribution in [0.1, 0.15) is 38.3 Å². The van der Waals surface area contributed by atoms with Crippen molar-refractivity contribution in [3.8, 4) is 0 Å². The van der Waals surface area contributed by atoms with Crippen molar-refractivity contribution in [2.75, 3.05) is 0 Å². The van der Waals surface area contributed by atoms with Gasteiger partial charge in [-0.15, -0.1) is 11.3 Å². The molecule has 1 aromatic carbocycles. The van der Waals surface area contributed by atoms with Crippen LogP contribution in [0.25, 0.3) is 0 Å². The molecular formula is C19H18N2O4S. The highest BCUT2D eigenvalue weighted by atomic mass is 32.1. The van der Waals surface area contributed by atoms with Crippen molar-refractivity contribution in [1.82, 2.24) is 10.5 Å². The van der Waals surface area contributed by atoms with Gasteiger partial charge in [-0.25, -0.2) is 4.79 Å². The highest BCUT2D eigenvalue weighted by Gasteiger charge is 2.26. The summed E-state index contributed by atoms with van der Waals surface area (Å²) in [6, 6.07) is 11.6. The topological polar surface area (TPSA) is 81.4 Å². The standard InChI is InChI=1S/C19H18N2O4S/c1-12-15(13(2)25-21-12)11-24-19(23)17(14-7-4-3-5-8-14)20-18(22)16-9-6-10-26-16/h3-10,17H,11H2,1-2H3,(H,20,22). The predicted molar refractivity (Wildman–Crippen MR) is 96.7 cm³/mol. The van der Waals surface area contributed by atoms with E-state index >= 15 is 0 Å². The summed E-state index contributed by atoms with van der Waals surface area (Å²) in [5.74, 6) is -0.251. The molecule has 1 atom stereocenters. The minimum absolute atomic E-state index is 0.0399. The second-order valence-corrected chi connectivity index (χ2v) is 6.65. The summed E-state index contributed by atoms with van der Waals surface area (Å²) in [5, 5.41) is 8.41. The predicted octanol–water partition coefficient (Wildman–Crippen LogP) is 3.57. The van der Waals surface area contributed by atoms with Crippen LogP contribution in [0.3, 0.4) is 0 Å². The first-order valence-electron chi connectivity index (χ1n) is 8.04. The summed E-state index contributed by atoms with van der Waals surface area (Å²) in [7, 11) is 0. The van der Waals surface area contributed by atoms with E-state index in [0.29, 0.717) is 21.9 Å². The highest BCUT2D eigenvalue weighted by molar-refractivity contribution is 7.12. The lowest BCUT2D eigenvalue weighted by molar-refractivity contribution is -0.147. The number of rotatable bonds is 6. The first-order valence-corrected chi connectivity index (χ1v) is 8.92. The molecule has 1 N–H and O–H groups in total. The average molecular weight is 370 g/mol. The van der Waals surface area contributed by atoms with E-state index in [1.165, 1.54) is 11.3 Å². The molecule has 2 heterocycles. The molecule has 7 heteroatoms. The molecule has 6 nitrogen and oxygen atoms in total. The van der Waals surface area contributed by atoms with E-state index in [4.69, 9.17) is 9.26 Å². The number of hydrogen-bond acceptors (Lipinski definition) is 6. The molecule has 0 aliphatic rings. The van der Waals surface area contributed by atoms with Gasteiger partial charge in [0.2, 0.25) is 0 Å². The third-order valence-corrected chi connectivity index (χ3v) is 4.80. The Morgan fingerprint density at radius 3 is 2.58 bits per heavy atom. The van der Waals surface area contributed by atoms with Crippen LogP contribution >= 0.6 is 11.3 Å². The number of amides is 1. The molecule has 0 aliphatic carbocycles. The minimum atomic E-state index is -0.897. The fourth-order valence-corrected chi connectivity index (χ4v) is 3.10. The maximum absolute atomic E-state index is 12.7. The maximum atomic E-state index is 12.7. The van der Waals surface area contributed by atoms with Gasteiger partial charge in [0.05, 0.1) is 16.1 Å². The van der Waals surface area contributed by atoms with Crippen LogP contribution in [-0.4, -0.2) is 17.0 Å². The molecule has 0 spiro atoms. The van der Waals surface area contributed by atoms with E-state index < -0.39 is 12.0 Å². The lowest BCUT2D eigenvalue weighted by Crippen LogP contribution is -2.34. The summed E-state index contributed by atoms with van der Waals surface area (Å²) < 4.78 is 10.5. The Hall–Kier alpha value is -2.93. The van der Waals surface area contributed by atoms with Crippen LogP contribution in [0.2, 0.25) is 0 Å². The lowest BCUT2D eigenvalue weighted by atomic mass is 10.1. The zero-order valence-electron chi connectivity index (χ0n) is 14.4. The van der Waals surface area contributed by atoms with Crippen LogP contribution in [0.15, 0.2) is 52.4 Å². The Balaban J connectivity index is 1.76. The normalized spacial score (nSPS) is 11.8. The number of benzene rings is 1. The van der Waals surface area contributed by atoms with Gasteiger partial charge in [-0.3, -0.25) is 4.79 Å². The summed E-state index contributed by atoms with van der Waals surface area (Å²) in [4.78, 5) is 25.6. The number of hydrogen-bond donors (Lipinski definition) is 1. The van der Waals surface area contributed by atoms with Gasteiger partial charge in [-0.1, -0.05) is 41.6 Å². The fraction of sp³-hybridized carbons (Fsp3) is 0.211. The smallest absolute Gasteiger partial charge is 0.333 e. The van der Waals surface area contributed by atoms with E-state index in [9.17, 15) is 9.59 Å². The van der Waals surface area contributed by atoms with Crippen molar-refractivity contribution in [2.24, 2.45) is 0 Å². The van der Waals surface area contributed by atoms with Crippen molar-refractivity contribution < 1.29 is 18.8 Å². The molecule has 2 aromatic heterocycles. The molecule has 3 aromatic rings. The molecule has 0 fully saturated rings. The number of nitrogens with one attached hydrogen (secondary N) is 1. The fourth-order valence-electron chi connectivity index (χ4n) is 2.47. The van der Waals surface area contributed by atoms with Crippen LogP contribution < -0.4 is 5.32 Å². The Kier molecular flexibility index (Phi) is 5.48. The molecule has 134 valence electrons. The monoisotopic (exact) mass is 370 g/mol. The molecule has 1 amide bonds. The second kappa shape index (κ2) is 7.97. The number of carbonyl (C=O) groups is 2. The summed E-state index contributed by atoms with van der Waals surface area (Å²) >= 11 is 1.31. The van der Waals surface area contributed by atoms with Gasteiger partial charge in [0.15, 0.2) is 6.04 Å². The van der Waals surface area contributed by atoms with Crippen LogP contribution in [0.5, 0.6) is 0 Å². The Bertz CT molecular complexity index is 868. The molecule has 0 bridgehead atoms. The van der Waals surface area contributed by atoms with Gasteiger partial charge < -0.3 is 14.6 Å². The third-order valence-electron chi connectivity index (χ3n) is 3.93. The van der Waals surface area contributed by atoms with E-state index in [1.54, 1.807) is 50.2 Å². The quantitative estimate of drug-likeness (QED) is 0.671. The first kappa shape index (κ1) is 17.9. The molecule has 0 saturated carbocycles. The first-order chi connectivity index (χ1) is 12.6. The molecule has 0 aliphatic heterocycles. The summed E-state index contributed by atoms with van der Waals surface area (Å²) in [6.07, 6.45) is 0. The lowest BCUT2D eigenvalue weighted by Gasteiger charge is -2.17. The third kappa shape index (κ3) is 4.00. The Morgan fingerprint density at radius 2 is 1.96 bits per heavy atom. The number of ether oxygens (including phenoxy) is 1. The molecule has 0 saturated heterocycles. The maximum Gasteiger partial charge on any atom is 0.333 e. The van der Waals surface area contributed by atoms with Crippen LogP contribution in [0.4, 0.5) is 0 Å². The second-order valence-electron chi connectivity index (χ2n) is 5.70. The number of esters is 1. The van der Waals surface area contributed by atoms with Crippen molar-refractivity contribution in [3.05, 3.63) is 75.3 Å². The number of aryl methyl sites for hydroxylation is 2. The SMILES string of the molecule is Cc1noc(C)c1COC(=O)C(NC(=O)c1cccs1)c1ccccc1. The number of thiophene rings is 1.